The lowest BCUT2D eigenvalue weighted by Crippen LogP contribution is -2.25. The first-order valence-corrected chi connectivity index (χ1v) is 21.8. The summed E-state index contributed by atoms with van der Waals surface area (Å²) in [4.78, 5) is 0. The van der Waals surface area contributed by atoms with Crippen LogP contribution in [0.3, 0.4) is 0 Å². The Bertz CT molecular complexity index is 1630. The van der Waals surface area contributed by atoms with Crippen molar-refractivity contribution < 1.29 is 59.0 Å². The Balaban J connectivity index is 2.06. The van der Waals surface area contributed by atoms with Gasteiger partial charge < -0.3 is 18.1 Å². The summed E-state index contributed by atoms with van der Waals surface area (Å²) in [5, 5.41) is 1.01. The quantitative estimate of drug-likeness (QED) is 0.0533. The Kier molecular flexibility index (Phi) is 17.4. The van der Waals surface area contributed by atoms with Gasteiger partial charge in [0, 0.05) is 15.9 Å². The largest absolute Gasteiger partial charge is 0.530 e. The molecule has 0 aromatic heterocycles. The van der Waals surface area contributed by atoms with Gasteiger partial charge in [-0.3, -0.25) is 27.1 Å². The van der Waals surface area contributed by atoms with Crippen molar-refractivity contribution in [1.82, 2.24) is 0 Å². The van der Waals surface area contributed by atoms with Crippen molar-refractivity contribution in [3.05, 3.63) is 149 Å². The summed E-state index contributed by atoms with van der Waals surface area (Å²) in [6.45, 7) is 20.7. The van der Waals surface area contributed by atoms with E-state index in [9.17, 15) is 13.7 Å². The second-order valence-electron chi connectivity index (χ2n) is 10.2. The van der Waals surface area contributed by atoms with E-state index in [1.165, 1.54) is 109 Å². The summed E-state index contributed by atoms with van der Waals surface area (Å²) in [7, 11) is -15.9. The van der Waals surface area contributed by atoms with Crippen LogP contribution in [-0.2, 0) is 45.4 Å². The summed E-state index contributed by atoms with van der Waals surface area (Å²) in [6.07, 6.45) is 8.35. The Morgan fingerprint density at radius 1 is 0.358 bits per heavy atom. The molecule has 0 atom stereocenters. The standard InChI is InChI=1S/C36H42O13P4/c1-7-25-41-51(38,42-26-8-2)47-31-13-19-34(20-14-31)50(37,35-21-15-32(16-22-35)48-52(39,43-27-9-3)44-28-10-4)36-23-17-33(18-24-36)49-53(40,45-29-11-5)46-30-12-6/h7-24H,1-6,25-30H2. The lowest BCUT2D eigenvalue weighted by atomic mass is 10.3. The third-order valence-corrected chi connectivity index (χ3v) is 13.5. The molecule has 3 aromatic rings. The van der Waals surface area contributed by atoms with E-state index in [4.69, 9.17) is 40.7 Å². The van der Waals surface area contributed by atoms with Crippen LogP contribution in [0.1, 0.15) is 0 Å². The van der Waals surface area contributed by atoms with Crippen molar-refractivity contribution >= 4 is 46.5 Å². The molecular weight excluding hydrogens is 764 g/mol. The first-order valence-electron chi connectivity index (χ1n) is 15.8. The number of benzene rings is 3. The van der Waals surface area contributed by atoms with E-state index in [1.54, 1.807) is 0 Å². The van der Waals surface area contributed by atoms with Crippen LogP contribution in [0.2, 0.25) is 0 Å². The molecule has 0 N–H and O–H groups in total. The fourth-order valence-corrected chi connectivity index (χ4v) is 10.1. The van der Waals surface area contributed by atoms with Crippen molar-refractivity contribution in [3.8, 4) is 17.2 Å². The molecule has 0 saturated carbocycles. The molecule has 0 aliphatic rings. The van der Waals surface area contributed by atoms with Gasteiger partial charge >= 0.3 is 23.5 Å². The molecule has 17 heteroatoms. The van der Waals surface area contributed by atoms with Crippen LogP contribution < -0.4 is 29.5 Å². The minimum atomic E-state index is -4.07. The highest BCUT2D eigenvalue weighted by molar-refractivity contribution is 7.85. The number of rotatable bonds is 27. The van der Waals surface area contributed by atoms with Crippen molar-refractivity contribution in [2.24, 2.45) is 0 Å². The zero-order valence-electron chi connectivity index (χ0n) is 29.0. The number of hydrogen-bond donors (Lipinski definition) is 0. The normalized spacial score (nSPS) is 11.9. The lowest BCUT2D eigenvalue weighted by Gasteiger charge is -2.22. The van der Waals surface area contributed by atoms with E-state index in [0.717, 1.165) is 0 Å². The lowest BCUT2D eigenvalue weighted by molar-refractivity contribution is 0.179. The first kappa shape index (κ1) is 43.6. The summed E-state index contributed by atoms with van der Waals surface area (Å²) in [5.74, 6) is 0.316. The molecule has 0 fully saturated rings. The Morgan fingerprint density at radius 2 is 0.547 bits per heavy atom. The molecule has 0 aliphatic carbocycles. The molecule has 0 heterocycles. The van der Waals surface area contributed by atoms with Crippen LogP contribution in [-0.4, -0.2) is 39.6 Å². The predicted molar refractivity (Wildman–Crippen MR) is 207 cm³/mol. The molecule has 284 valence electrons. The zero-order chi connectivity index (χ0) is 38.8. The van der Waals surface area contributed by atoms with Crippen LogP contribution in [0.4, 0.5) is 0 Å². The second-order valence-corrected chi connectivity index (χ2v) is 17.8. The van der Waals surface area contributed by atoms with Crippen molar-refractivity contribution in [2.75, 3.05) is 39.6 Å². The average Bonchev–Trinajstić information content (AvgIpc) is 3.17. The molecule has 53 heavy (non-hydrogen) atoms. The summed E-state index contributed by atoms with van der Waals surface area (Å²) >= 11 is 0. The third-order valence-electron chi connectivity index (χ3n) is 6.36. The Labute approximate surface area is 310 Å². The fraction of sp³-hybridized carbons (Fsp3) is 0.167. The minimum absolute atomic E-state index is 0.104. The topological polar surface area (TPSA) is 151 Å². The van der Waals surface area contributed by atoms with Gasteiger partial charge in [0.25, 0.3) is 0 Å². The highest BCUT2D eigenvalue weighted by Crippen LogP contribution is 2.52. The maximum absolute atomic E-state index is 15.4. The highest BCUT2D eigenvalue weighted by Gasteiger charge is 2.34. The second kappa shape index (κ2) is 21.2. The predicted octanol–water partition coefficient (Wildman–Crippen LogP) is 9.00. The maximum Gasteiger partial charge on any atom is 0.530 e. The van der Waals surface area contributed by atoms with Crippen LogP contribution in [0.5, 0.6) is 17.2 Å². The molecule has 3 rings (SSSR count). The zero-order valence-corrected chi connectivity index (χ0v) is 32.6. The van der Waals surface area contributed by atoms with Crippen molar-refractivity contribution in [2.45, 2.75) is 0 Å². The minimum Gasteiger partial charge on any atom is -0.404 e. The summed E-state index contributed by atoms with van der Waals surface area (Å²) in [5.41, 5.74) is 0. The van der Waals surface area contributed by atoms with Gasteiger partial charge in [-0.25, -0.2) is 13.7 Å². The van der Waals surface area contributed by atoms with Gasteiger partial charge in [-0.05, 0) is 72.8 Å². The van der Waals surface area contributed by atoms with E-state index in [-0.39, 0.29) is 56.9 Å². The smallest absolute Gasteiger partial charge is 0.404 e. The molecule has 3 aromatic carbocycles. The van der Waals surface area contributed by atoms with Gasteiger partial charge in [0.2, 0.25) is 0 Å². The summed E-state index contributed by atoms with van der Waals surface area (Å²) < 4.78 is 103. The number of phosphoric ester groups is 3. The molecule has 0 spiro atoms. The molecule has 0 radical (unpaired) electrons. The molecule has 0 bridgehead atoms. The third kappa shape index (κ3) is 12.9. The fourth-order valence-electron chi connectivity index (χ4n) is 4.12. The SMILES string of the molecule is C=CCOP(=O)(OCC=C)Oc1ccc(P(=O)(c2ccc(OP(=O)(OCC=C)OCC=C)cc2)c2ccc(OP(=O)(OCC=C)OCC=C)cc2)cc1. The van der Waals surface area contributed by atoms with Gasteiger partial charge in [0.1, 0.15) is 17.2 Å². The molecule has 13 nitrogen and oxygen atoms in total. The number of phosphoric acid groups is 3. The average molecular weight is 807 g/mol. The van der Waals surface area contributed by atoms with Gasteiger partial charge in [-0.15, -0.1) is 39.5 Å². The molecule has 0 amide bonds. The highest BCUT2D eigenvalue weighted by atomic mass is 31.2. The molecule has 0 saturated heterocycles. The van der Waals surface area contributed by atoms with Crippen molar-refractivity contribution in [1.29, 1.82) is 0 Å². The van der Waals surface area contributed by atoms with Gasteiger partial charge in [0.05, 0.1) is 39.6 Å². The van der Waals surface area contributed by atoms with E-state index in [2.05, 4.69) is 39.5 Å². The molecule has 0 aliphatic heterocycles. The van der Waals surface area contributed by atoms with E-state index >= 15 is 4.57 Å². The van der Waals surface area contributed by atoms with Crippen LogP contribution in [0.15, 0.2) is 149 Å². The van der Waals surface area contributed by atoms with E-state index in [0.29, 0.717) is 15.9 Å². The monoisotopic (exact) mass is 806 g/mol. The Morgan fingerprint density at radius 3 is 0.717 bits per heavy atom. The maximum atomic E-state index is 15.4. The Hall–Kier alpha value is -3.82. The van der Waals surface area contributed by atoms with Crippen LogP contribution >= 0.6 is 30.6 Å². The van der Waals surface area contributed by atoms with Crippen LogP contribution in [0.25, 0.3) is 0 Å². The van der Waals surface area contributed by atoms with Gasteiger partial charge in [0.15, 0.2) is 7.14 Å². The van der Waals surface area contributed by atoms with Gasteiger partial charge in [-0.1, -0.05) is 36.5 Å². The van der Waals surface area contributed by atoms with Crippen LogP contribution in [0, 0.1) is 0 Å². The molecule has 0 unspecified atom stereocenters. The number of hydrogen-bond acceptors (Lipinski definition) is 13. The van der Waals surface area contributed by atoms with Crippen molar-refractivity contribution in [3.63, 3.8) is 0 Å². The molecular formula is C36H42O13P4. The van der Waals surface area contributed by atoms with Gasteiger partial charge in [-0.2, -0.15) is 0 Å². The van der Waals surface area contributed by atoms with E-state index in [1.807, 2.05) is 0 Å². The summed E-state index contributed by atoms with van der Waals surface area (Å²) in [6, 6.07) is 18.0. The first-order chi connectivity index (χ1) is 25.4. The van der Waals surface area contributed by atoms with E-state index < -0.39 is 30.6 Å².